The summed E-state index contributed by atoms with van der Waals surface area (Å²) in [6.07, 6.45) is 8.08. The minimum absolute atomic E-state index is 0.0227. The number of piperazine rings is 1. The molecule has 6 rings (SSSR count). The molecule has 2 saturated heterocycles. The van der Waals surface area contributed by atoms with Crippen molar-refractivity contribution >= 4 is 28.9 Å². The lowest BCUT2D eigenvalue weighted by atomic mass is 10.0. The second-order valence-electron chi connectivity index (χ2n) is 10.9. The Kier molecular flexibility index (Phi) is 7.78. The fourth-order valence-electron chi connectivity index (χ4n) is 5.49. The Morgan fingerprint density at radius 2 is 1.79 bits per heavy atom. The third-order valence-corrected chi connectivity index (χ3v) is 8.96. The Bertz CT molecular complexity index is 1700. The number of hydrogen-bond acceptors (Lipinski definition) is 8. The number of carbonyl (C=O) groups is 2. The molecule has 3 aromatic heterocycles. The molecular weight excluding hydrogens is 561 g/mol. The number of rotatable bonds is 6. The number of aromatic nitrogens is 4. The fraction of sp³-hybridized carbons (Fsp3) is 0.414. The maximum Gasteiger partial charge on any atom is 0.302 e. The van der Waals surface area contributed by atoms with Gasteiger partial charge in [-0.05, 0) is 44.0 Å². The minimum Gasteiger partial charge on any atom is -0.501 e. The van der Waals surface area contributed by atoms with E-state index in [2.05, 4.69) is 14.9 Å². The van der Waals surface area contributed by atoms with Crippen molar-refractivity contribution in [2.24, 2.45) is 0 Å². The molecule has 42 heavy (non-hydrogen) atoms. The lowest BCUT2D eigenvalue weighted by molar-refractivity contribution is -0.132. The summed E-state index contributed by atoms with van der Waals surface area (Å²) in [5, 5.41) is 11.1. The van der Waals surface area contributed by atoms with Crippen molar-refractivity contribution in [3.8, 4) is 16.5 Å². The first-order valence-electron chi connectivity index (χ1n) is 14.1. The van der Waals surface area contributed by atoms with Crippen molar-refractivity contribution in [1.82, 2.24) is 33.6 Å². The van der Waals surface area contributed by atoms with Crippen LogP contribution in [0.4, 0.5) is 4.39 Å². The molecule has 5 heterocycles. The number of piperidine rings is 1. The van der Waals surface area contributed by atoms with Crippen LogP contribution in [0.3, 0.4) is 0 Å². The minimum atomic E-state index is -0.658. The molecule has 1 aromatic carbocycles. The number of likely N-dealkylation sites (N-methyl/N-ethyl adjacent to an activating group) is 1. The summed E-state index contributed by atoms with van der Waals surface area (Å²) in [4.78, 5) is 54.6. The van der Waals surface area contributed by atoms with E-state index >= 15 is 0 Å². The highest BCUT2D eigenvalue weighted by Crippen LogP contribution is 2.31. The average molecular weight is 594 g/mol. The number of benzene rings is 1. The Balaban J connectivity index is 1.27. The van der Waals surface area contributed by atoms with Crippen molar-refractivity contribution < 1.29 is 19.1 Å². The van der Waals surface area contributed by atoms with Gasteiger partial charge in [0.15, 0.2) is 5.69 Å². The van der Waals surface area contributed by atoms with E-state index in [1.807, 2.05) is 11.9 Å². The molecule has 2 aliphatic rings. The number of aromatic hydroxyl groups is 1. The summed E-state index contributed by atoms with van der Waals surface area (Å²) in [6, 6.07) is 4.22. The normalized spacial score (nSPS) is 16.3. The molecule has 0 radical (unpaired) electrons. The van der Waals surface area contributed by atoms with Gasteiger partial charge in [0.05, 0.1) is 0 Å². The quantitative estimate of drug-likeness (QED) is 0.365. The van der Waals surface area contributed by atoms with Crippen LogP contribution in [0.1, 0.15) is 40.1 Å². The maximum atomic E-state index is 14.2. The van der Waals surface area contributed by atoms with Gasteiger partial charge >= 0.3 is 5.56 Å². The molecule has 0 atom stereocenters. The van der Waals surface area contributed by atoms with Gasteiger partial charge in [0, 0.05) is 74.7 Å². The largest absolute Gasteiger partial charge is 0.501 e. The molecular formula is C29H32FN7O4S. The van der Waals surface area contributed by atoms with Crippen molar-refractivity contribution in [1.29, 1.82) is 0 Å². The molecule has 4 aromatic rings. The van der Waals surface area contributed by atoms with E-state index in [0.29, 0.717) is 35.6 Å². The summed E-state index contributed by atoms with van der Waals surface area (Å²) in [6.45, 7) is 4.13. The smallest absolute Gasteiger partial charge is 0.302 e. The molecule has 0 bridgehead atoms. The van der Waals surface area contributed by atoms with E-state index in [4.69, 9.17) is 0 Å². The fourth-order valence-corrected chi connectivity index (χ4v) is 6.42. The van der Waals surface area contributed by atoms with Gasteiger partial charge in [-0.1, -0.05) is 6.07 Å². The number of carbonyl (C=O) groups excluding carboxylic acids is 2. The Labute approximate surface area is 245 Å². The van der Waals surface area contributed by atoms with Crippen LogP contribution in [0.2, 0.25) is 0 Å². The van der Waals surface area contributed by atoms with Crippen LogP contribution >= 0.6 is 11.3 Å². The van der Waals surface area contributed by atoms with Crippen molar-refractivity contribution in [3.63, 3.8) is 0 Å². The highest BCUT2D eigenvalue weighted by atomic mass is 32.1. The summed E-state index contributed by atoms with van der Waals surface area (Å²) >= 11 is 1.23. The summed E-state index contributed by atoms with van der Waals surface area (Å²) in [5.74, 6) is -1.05. The van der Waals surface area contributed by atoms with E-state index in [1.165, 1.54) is 34.1 Å². The Hall–Kier alpha value is -4.10. The summed E-state index contributed by atoms with van der Waals surface area (Å²) in [5.41, 5.74) is 0.337. The standard InChI is InChI=1S/C29H32FN7O4S/c1-33-9-11-35(12-10-33)27(40)22-16-20(30)6-5-19(22)15-21-17-31-26(42-21)24-25(39)28(41)37-14-13-36(29(37)32-24)18-23(38)34-7-3-2-4-8-34/h5-6,13-14,16-17,39H,2-4,7-12,15,18H2,1H3. The zero-order valence-corrected chi connectivity index (χ0v) is 24.1. The third-order valence-electron chi connectivity index (χ3n) is 7.95. The van der Waals surface area contributed by atoms with E-state index in [1.54, 1.807) is 27.9 Å². The van der Waals surface area contributed by atoms with E-state index < -0.39 is 17.1 Å². The van der Waals surface area contributed by atoms with Gasteiger partial charge in [0.1, 0.15) is 17.4 Å². The lowest BCUT2D eigenvalue weighted by Crippen LogP contribution is -2.47. The zero-order chi connectivity index (χ0) is 29.4. The van der Waals surface area contributed by atoms with Crippen molar-refractivity contribution in [2.75, 3.05) is 46.3 Å². The van der Waals surface area contributed by atoms with Gasteiger partial charge in [-0.25, -0.2) is 18.8 Å². The van der Waals surface area contributed by atoms with Crippen LogP contribution < -0.4 is 5.56 Å². The zero-order valence-electron chi connectivity index (χ0n) is 23.3. The summed E-state index contributed by atoms with van der Waals surface area (Å²) < 4.78 is 17.0. The van der Waals surface area contributed by atoms with Crippen molar-refractivity contribution in [2.45, 2.75) is 32.2 Å². The van der Waals surface area contributed by atoms with Gasteiger partial charge in [0.2, 0.25) is 17.4 Å². The molecule has 1 N–H and O–H groups in total. The van der Waals surface area contributed by atoms with Gasteiger partial charge in [0.25, 0.3) is 5.91 Å². The van der Waals surface area contributed by atoms with Gasteiger partial charge < -0.3 is 24.4 Å². The molecule has 11 nitrogen and oxygen atoms in total. The molecule has 0 unspecified atom stereocenters. The first-order chi connectivity index (χ1) is 20.3. The van der Waals surface area contributed by atoms with Crippen LogP contribution in [0.25, 0.3) is 16.5 Å². The molecule has 0 aliphatic carbocycles. The number of halogens is 1. The maximum absolute atomic E-state index is 14.2. The molecule has 220 valence electrons. The monoisotopic (exact) mass is 593 g/mol. The highest BCUT2D eigenvalue weighted by Gasteiger charge is 2.25. The predicted molar refractivity (Wildman–Crippen MR) is 155 cm³/mol. The molecule has 0 spiro atoms. The third kappa shape index (κ3) is 5.53. The SMILES string of the molecule is CN1CCN(C(=O)c2cc(F)ccc2Cc2cnc(-c3nc4n(CC(=O)N5CCCCC5)ccn4c(=O)c3O)s2)CC1. The van der Waals surface area contributed by atoms with E-state index in [9.17, 15) is 23.9 Å². The Morgan fingerprint density at radius 3 is 2.55 bits per heavy atom. The molecule has 13 heteroatoms. The topological polar surface area (TPSA) is 116 Å². The first-order valence-corrected chi connectivity index (χ1v) is 14.9. The van der Waals surface area contributed by atoms with Gasteiger partial charge in [-0.2, -0.15) is 0 Å². The second-order valence-corrected chi connectivity index (χ2v) is 12.0. The number of amides is 2. The van der Waals surface area contributed by atoms with E-state index in [-0.39, 0.29) is 29.8 Å². The van der Waals surface area contributed by atoms with Crippen LogP contribution in [-0.4, -0.2) is 96.9 Å². The molecule has 2 aliphatic heterocycles. The number of thiazole rings is 1. The first kappa shape index (κ1) is 28.0. The van der Waals surface area contributed by atoms with Crippen LogP contribution in [0.15, 0.2) is 41.6 Å². The predicted octanol–water partition coefficient (Wildman–Crippen LogP) is 2.46. The number of fused-ring (bicyclic) bond motifs is 1. The number of nitrogens with zero attached hydrogens (tertiary/aromatic N) is 7. The number of hydrogen-bond donors (Lipinski definition) is 1. The Morgan fingerprint density at radius 1 is 1.02 bits per heavy atom. The number of imidazole rings is 1. The van der Waals surface area contributed by atoms with Crippen LogP contribution in [0.5, 0.6) is 5.75 Å². The average Bonchev–Trinajstić information content (AvgIpc) is 3.63. The molecule has 2 amide bonds. The molecule has 0 saturated carbocycles. The van der Waals surface area contributed by atoms with E-state index in [0.717, 1.165) is 50.3 Å². The highest BCUT2D eigenvalue weighted by molar-refractivity contribution is 7.15. The lowest BCUT2D eigenvalue weighted by Gasteiger charge is -2.32. The molecule has 2 fully saturated rings. The van der Waals surface area contributed by atoms with Crippen LogP contribution in [0, 0.1) is 5.82 Å². The van der Waals surface area contributed by atoms with Crippen molar-refractivity contribution in [3.05, 3.63) is 69.0 Å². The van der Waals surface area contributed by atoms with Crippen LogP contribution in [-0.2, 0) is 17.8 Å². The van der Waals surface area contributed by atoms with Gasteiger partial charge in [-0.3, -0.25) is 14.4 Å². The van der Waals surface area contributed by atoms with Gasteiger partial charge in [-0.15, -0.1) is 11.3 Å². The second kappa shape index (κ2) is 11.6. The summed E-state index contributed by atoms with van der Waals surface area (Å²) in [7, 11) is 2.00. The number of likely N-dealkylation sites (tertiary alicyclic amines) is 1.